The van der Waals surface area contributed by atoms with E-state index in [0.717, 1.165) is 36.9 Å². The van der Waals surface area contributed by atoms with Crippen molar-refractivity contribution in [3.8, 4) is 5.75 Å². The van der Waals surface area contributed by atoms with E-state index in [1.54, 1.807) is 12.1 Å². The van der Waals surface area contributed by atoms with Gasteiger partial charge in [-0.2, -0.15) is 0 Å². The Kier molecular flexibility index (Phi) is 6.49. The molecule has 0 bridgehead atoms. The zero-order valence-corrected chi connectivity index (χ0v) is 15.6. The Morgan fingerprint density at radius 3 is 2.59 bits per heavy atom. The molecule has 1 fully saturated rings. The molecule has 0 aliphatic carbocycles. The minimum absolute atomic E-state index is 0.0299. The van der Waals surface area contributed by atoms with E-state index in [-0.39, 0.29) is 12.3 Å². The van der Waals surface area contributed by atoms with Gasteiger partial charge < -0.3 is 14.7 Å². The van der Waals surface area contributed by atoms with Crippen molar-refractivity contribution in [2.24, 2.45) is 0 Å². The number of hydrogen-bond donors (Lipinski definition) is 1. The first-order valence-electron chi connectivity index (χ1n) is 8.80. The van der Waals surface area contributed by atoms with Crippen LogP contribution in [0.25, 0.3) is 0 Å². The van der Waals surface area contributed by atoms with Gasteiger partial charge in [-0.25, -0.2) is 0 Å². The monoisotopic (exact) mass is 391 g/mol. The van der Waals surface area contributed by atoms with E-state index in [9.17, 15) is 15.2 Å². The first-order valence-corrected chi connectivity index (χ1v) is 9.18. The Bertz CT molecular complexity index is 781. The molecule has 0 saturated carbocycles. The molecule has 0 amide bonds. The molecule has 1 heterocycles. The zero-order valence-electron chi connectivity index (χ0n) is 14.8. The molecule has 0 aromatic heterocycles. The van der Waals surface area contributed by atoms with Crippen molar-refractivity contribution in [3.63, 3.8) is 0 Å². The van der Waals surface area contributed by atoms with Crippen LogP contribution in [-0.4, -0.2) is 60.4 Å². The molecule has 1 aliphatic rings. The number of nitro benzene ring substituents is 1. The molecule has 7 nitrogen and oxygen atoms in total. The van der Waals surface area contributed by atoms with Crippen molar-refractivity contribution in [2.45, 2.75) is 6.10 Å². The molecular formula is C19H22ClN3O4. The van der Waals surface area contributed by atoms with Crippen LogP contribution in [0, 0.1) is 10.1 Å². The highest BCUT2D eigenvalue weighted by Crippen LogP contribution is 2.26. The first kappa shape index (κ1) is 19.4. The van der Waals surface area contributed by atoms with E-state index < -0.39 is 11.0 Å². The number of ether oxygens (including phenoxy) is 1. The summed E-state index contributed by atoms with van der Waals surface area (Å²) in [5, 5.41) is 21.8. The fourth-order valence-electron chi connectivity index (χ4n) is 3.11. The Labute approximate surface area is 162 Å². The van der Waals surface area contributed by atoms with Gasteiger partial charge >= 0.3 is 0 Å². The lowest BCUT2D eigenvalue weighted by Crippen LogP contribution is -2.49. The molecular weight excluding hydrogens is 370 g/mol. The Hall–Kier alpha value is -2.35. The van der Waals surface area contributed by atoms with Gasteiger partial charge in [0.1, 0.15) is 18.5 Å². The summed E-state index contributed by atoms with van der Waals surface area (Å²) in [5.74, 6) is 0.381. The molecule has 1 unspecified atom stereocenters. The van der Waals surface area contributed by atoms with E-state index in [1.807, 2.05) is 24.3 Å². The predicted octanol–water partition coefficient (Wildman–Crippen LogP) is 2.81. The summed E-state index contributed by atoms with van der Waals surface area (Å²) in [4.78, 5) is 14.7. The quantitative estimate of drug-likeness (QED) is 0.577. The topological polar surface area (TPSA) is 79.1 Å². The van der Waals surface area contributed by atoms with Crippen molar-refractivity contribution in [2.75, 3.05) is 44.2 Å². The average Bonchev–Trinajstić information content (AvgIpc) is 2.68. The van der Waals surface area contributed by atoms with Crippen molar-refractivity contribution in [1.29, 1.82) is 0 Å². The summed E-state index contributed by atoms with van der Waals surface area (Å²) in [5.41, 5.74) is 1.01. The summed E-state index contributed by atoms with van der Waals surface area (Å²) in [7, 11) is 0. The Balaban J connectivity index is 1.44. The first-order chi connectivity index (χ1) is 13.0. The SMILES string of the molecule is O=[N+]([O-])c1cccc(OCC(O)CN2CCN(c3ccccc3Cl)CC2)c1. The maximum absolute atomic E-state index is 10.8. The third kappa shape index (κ3) is 5.32. The number of halogens is 1. The van der Waals surface area contributed by atoms with E-state index in [4.69, 9.17) is 16.3 Å². The van der Waals surface area contributed by atoms with Gasteiger partial charge in [-0.1, -0.05) is 29.8 Å². The van der Waals surface area contributed by atoms with Crippen LogP contribution in [0.15, 0.2) is 48.5 Å². The van der Waals surface area contributed by atoms with Gasteiger partial charge in [-0.15, -0.1) is 0 Å². The second kappa shape index (κ2) is 9.03. The molecule has 8 heteroatoms. The molecule has 1 saturated heterocycles. The minimum Gasteiger partial charge on any atom is -0.491 e. The normalized spacial score (nSPS) is 16.1. The number of non-ortho nitro benzene ring substituents is 1. The number of nitrogens with zero attached hydrogens (tertiary/aromatic N) is 3. The van der Waals surface area contributed by atoms with Gasteiger partial charge in [0.25, 0.3) is 5.69 Å². The Morgan fingerprint density at radius 1 is 1.15 bits per heavy atom. The van der Waals surface area contributed by atoms with Crippen LogP contribution in [0.4, 0.5) is 11.4 Å². The third-order valence-corrected chi connectivity index (χ3v) is 4.82. The molecule has 27 heavy (non-hydrogen) atoms. The number of hydrogen-bond acceptors (Lipinski definition) is 6. The highest BCUT2D eigenvalue weighted by molar-refractivity contribution is 6.33. The van der Waals surface area contributed by atoms with Crippen LogP contribution >= 0.6 is 11.6 Å². The summed E-state index contributed by atoms with van der Waals surface area (Å²) in [6, 6.07) is 13.8. The second-order valence-electron chi connectivity index (χ2n) is 6.46. The van der Waals surface area contributed by atoms with Gasteiger partial charge in [-0.3, -0.25) is 15.0 Å². The van der Waals surface area contributed by atoms with Crippen molar-refractivity contribution in [1.82, 2.24) is 4.90 Å². The van der Waals surface area contributed by atoms with Crippen LogP contribution in [0.5, 0.6) is 5.75 Å². The molecule has 144 valence electrons. The van der Waals surface area contributed by atoms with Crippen LogP contribution in [0.3, 0.4) is 0 Å². The number of benzene rings is 2. The predicted molar refractivity (Wildman–Crippen MR) is 105 cm³/mol. The van der Waals surface area contributed by atoms with E-state index >= 15 is 0 Å². The summed E-state index contributed by atoms with van der Waals surface area (Å²) in [6.45, 7) is 3.89. The summed E-state index contributed by atoms with van der Waals surface area (Å²) in [6.07, 6.45) is -0.670. The third-order valence-electron chi connectivity index (χ3n) is 4.51. The number of piperazine rings is 1. The number of rotatable bonds is 7. The maximum Gasteiger partial charge on any atom is 0.273 e. The van der Waals surface area contributed by atoms with Gasteiger partial charge in [-0.05, 0) is 18.2 Å². The van der Waals surface area contributed by atoms with Gasteiger partial charge in [0, 0.05) is 38.8 Å². The molecule has 1 N–H and O–H groups in total. The van der Waals surface area contributed by atoms with E-state index in [1.165, 1.54) is 12.1 Å². The smallest absolute Gasteiger partial charge is 0.273 e. The number of β-amino-alcohol motifs (C(OH)–C–C–N with tert-alkyl or cyclic N) is 1. The van der Waals surface area contributed by atoms with Crippen LogP contribution in [0.1, 0.15) is 0 Å². The van der Waals surface area contributed by atoms with Gasteiger partial charge in [0.05, 0.1) is 21.7 Å². The number of nitro groups is 1. The molecule has 1 atom stereocenters. The lowest BCUT2D eigenvalue weighted by atomic mass is 10.2. The highest BCUT2D eigenvalue weighted by Gasteiger charge is 2.21. The summed E-state index contributed by atoms with van der Waals surface area (Å²) < 4.78 is 5.50. The number of aliphatic hydroxyl groups excluding tert-OH is 1. The van der Waals surface area contributed by atoms with E-state index in [2.05, 4.69) is 9.80 Å². The van der Waals surface area contributed by atoms with Crippen LogP contribution in [0.2, 0.25) is 5.02 Å². The largest absolute Gasteiger partial charge is 0.491 e. The van der Waals surface area contributed by atoms with Gasteiger partial charge in [0.15, 0.2) is 0 Å². The van der Waals surface area contributed by atoms with Crippen LogP contribution < -0.4 is 9.64 Å². The van der Waals surface area contributed by atoms with Gasteiger partial charge in [0.2, 0.25) is 0 Å². The lowest BCUT2D eigenvalue weighted by molar-refractivity contribution is -0.384. The Morgan fingerprint density at radius 2 is 1.89 bits per heavy atom. The molecule has 3 rings (SSSR count). The molecule has 0 radical (unpaired) electrons. The number of aliphatic hydroxyl groups is 1. The van der Waals surface area contributed by atoms with Crippen LogP contribution in [-0.2, 0) is 0 Å². The fraction of sp³-hybridized carbons (Fsp3) is 0.368. The van der Waals surface area contributed by atoms with Crippen molar-refractivity contribution >= 4 is 23.0 Å². The number of anilines is 1. The maximum atomic E-state index is 10.8. The summed E-state index contributed by atoms with van der Waals surface area (Å²) >= 11 is 6.25. The fourth-order valence-corrected chi connectivity index (χ4v) is 3.36. The molecule has 2 aromatic rings. The zero-order chi connectivity index (χ0) is 19.2. The number of para-hydroxylation sites is 1. The molecule has 0 spiro atoms. The molecule has 1 aliphatic heterocycles. The van der Waals surface area contributed by atoms with Crippen molar-refractivity contribution in [3.05, 3.63) is 63.7 Å². The van der Waals surface area contributed by atoms with Crippen molar-refractivity contribution < 1.29 is 14.8 Å². The average molecular weight is 392 g/mol. The standard InChI is InChI=1S/C19H22ClN3O4/c20-18-6-1-2-7-19(18)22-10-8-21(9-11-22)13-16(24)14-27-17-5-3-4-15(12-17)23(25)26/h1-7,12,16,24H,8-11,13-14H2. The second-order valence-corrected chi connectivity index (χ2v) is 6.87. The van der Waals surface area contributed by atoms with E-state index in [0.29, 0.717) is 12.3 Å². The minimum atomic E-state index is -0.670. The highest BCUT2D eigenvalue weighted by atomic mass is 35.5. The molecule has 2 aromatic carbocycles. The lowest BCUT2D eigenvalue weighted by Gasteiger charge is -2.37.